The summed E-state index contributed by atoms with van der Waals surface area (Å²) >= 11 is 0. The molecule has 0 saturated carbocycles. The number of nitrogens with zero attached hydrogens (tertiary/aromatic N) is 4. The molecule has 0 radical (unpaired) electrons. The van der Waals surface area contributed by atoms with Crippen LogP contribution in [0.15, 0.2) is 91.1 Å². The van der Waals surface area contributed by atoms with Crippen molar-refractivity contribution in [2.45, 2.75) is 93.4 Å². The average molecular weight is 675 g/mol. The van der Waals surface area contributed by atoms with Crippen molar-refractivity contribution in [3.8, 4) is 34.1 Å². The molecule has 4 aromatic carbocycles. The molecule has 7 rings (SSSR count). The minimum absolute atomic E-state index is 0.270. The second-order valence-corrected chi connectivity index (χ2v) is 14.9. The van der Waals surface area contributed by atoms with E-state index in [1.807, 2.05) is 12.3 Å². The summed E-state index contributed by atoms with van der Waals surface area (Å²) in [5, 5.41) is 7.80. The van der Waals surface area contributed by atoms with E-state index in [0.29, 0.717) is 5.92 Å². The van der Waals surface area contributed by atoms with Gasteiger partial charge in [-0.3, -0.25) is 4.57 Å². The number of ether oxygens (including phenoxy) is 1. The van der Waals surface area contributed by atoms with Crippen molar-refractivity contribution in [3.05, 3.63) is 130 Å². The van der Waals surface area contributed by atoms with E-state index in [2.05, 4.69) is 150 Å². The van der Waals surface area contributed by atoms with Gasteiger partial charge in [-0.25, -0.2) is 9.67 Å². The lowest BCUT2D eigenvalue weighted by Crippen LogP contribution is -2.05. The first-order valence-corrected chi connectivity index (χ1v) is 18.5. The van der Waals surface area contributed by atoms with Gasteiger partial charge in [0.25, 0.3) is 0 Å². The standard InChI is InChI=1S/C46H50N4O/c1-10-11-15-41-45(44-32(8)21-31(7)22-33(44)9)46(29(4)5)48-50(41)35-24-34(28(2)3)25-37(26-35)51-36-17-18-39-38-14-12-13-16-40(38)49(42(39)27-36)43-23-30(6)19-20-47-43/h12-14,16-29H,10-11,15H2,1-9H3. The van der Waals surface area contributed by atoms with Crippen LogP contribution in [0.3, 0.4) is 0 Å². The van der Waals surface area contributed by atoms with Crippen LogP contribution in [0.5, 0.6) is 11.5 Å². The lowest BCUT2D eigenvalue weighted by atomic mass is 9.88. The van der Waals surface area contributed by atoms with Crippen molar-refractivity contribution >= 4 is 21.8 Å². The number of rotatable bonds is 10. The van der Waals surface area contributed by atoms with Gasteiger partial charge < -0.3 is 4.74 Å². The summed E-state index contributed by atoms with van der Waals surface area (Å²) in [4.78, 5) is 4.77. The number of aryl methyl sites for hydroxylation is 4. The highest BCUT2D eigenvalue weighted by Crippen LogP contribution is 2.40. The van der Waals surface area contributed by atoms with E-state index in [4.69, 9.17) is 14.8 Å². The quantitative estimate of drug-likeness (QED) is 0.145. The summed E-state index contributed by atoms with van der Waals surface area (Å²) < 4.78 is 11.3. The summed E-state index contributed by atoms with van der Waals surface area (Å²) in [6.45, 7) is 20.1. The van der Waals surface area contributed by atoms with Gasteiger partial charge in [-0.05, 0) is 123 Å². The highest BCUT2D eigenvalue weighted by atomic mass is 16.5. The minimum atomic E-state index is 0.270. The number of pyridine rings is 1. The van der Waals surface area contributed by atoms with E-state index in [1.54, 1.807) is 0 Å². The molecule has 5 nitrogen and oxygen atoms in total. The number of hydrogen-bond donors (Lipinski definition) is 0. The maximum Gasteiger partial charge on any atom is 0.137 e. The molecule has 0 atom stereocenters. The van der Waals surface area contributed by atoms with Crippen LogP contribution in [-0.2, 0) is 6.42 Å². The Kier molecular flexibility index (Phi) is 9.32. The zero-order chi connectivity index (χ0) is 36.0. The normalized spacial score (nSPS) is 11.8. The maximum atomic E-state index is 6.82. The zero-order valence-corrected chi connectivity index (χ0v) is 31.6. The second-order valence-electron chi connectivity index (χ2n) is 14.9. The Labute approximate surface area is 302 Å². The molecule has 7 aromatic rings. The fourth-order valence-corrected chi connectivity index (χ4v) is 7.67. The van der Waals surface area contributed by atoms with Gasteiger partial charge in [-0.1, -0.05) is 76.9 Å². The highest BCUT2D eigenvalue weighted by molar-refractivity contribution is 6.09. The van der Waals surface area contributed by atoms with Crippen LogP contribution in [0.1, 0.15) is 98.5 Å². The summed E-state index contributed by atoms with van der Waals surface area (Å²) in [6.07, 6.45) is 5.04. The number of aromatic nitrogens is 4. The Morgan fingerprint density at radius 3 is 2.14 bits per heavy atom. The van der Waals surface area contributed by atoms with Gasteiger partial charge in [0.15, 0.2) is 0 Å². The zero-order valence-electron chi connectivity index (χ0n) is 31.6. The molecule has 0 bridgehead atoms. The van der Waals surface area contributed by atoms with Crippen molar-refractivity contribution < 1.29 is 4.74 Å². The molecule has 51 heavy (non-hydrogen) atoms. The third kappa shape index (κ3) is 6.46. The largest absolute Gasteiger partial charge is 0.457 e. The molecular formula is C46H50N4O. The average Bonchev–Trinajstić information content (AvgIpc) is 3.62. The van der Waals surface area contributed by atoms with Gasteiger partial charge in [0, 0.05) is 34.7 Å². The van der Waals surface area contributed by atoms with Crippen molar-refractivity contribution in [1.82, 2.24) is 19.3 Å². The monoisotopic (exact) mass is 674 g/mol. The second kappa shape index (κ2) is 13.9. The molecule has 0 amide bonds. The number of hydrogen-bond acceptors (Lipinski definition) is 3. The first-order valence-electron chi connectivity index (χ1n) is 18.5. The van der Waals surface area contributed by atoms with Crippen LogP contribution in [-0.4, -0.2) is 19.3 Å². The highest BCUT2D eigenvalue weighted by Gasteiger charge is 2.25. The van der Waals surface area contributed by atoms with E-state index in [0.717, 1.165) is 59.0 Å². The number of fused-ring (bicyclic) bond motifs is 3. The van der Waals surface area contributed by atoms with Gasteiger partial charge in [0.2, 0.25) is 0 Å². The van der Waals surface area contributed by atoms with Crippen LogP contribution >= 0.6 is 0 Å². The molecule has 3 aromatic heterocycles. The fourth-order valence-electron chi connectivity index (χ4n) is 7.67. The van der Waals surface area contributed by atoms with Gasteiger partial charge in [0.05, 0.1) is 28.1 Å². The third-order valence-electron chi connectivity index (χ3n) is 10.1. The van der Waals surface area contributed by atoms with Gasteiger partial charge in [-0.15, -0.1) is 0 Å². The first kappa shape index (κ1) is 34.3. The minimum Gasteiger partial charge on any atom is -0.457 e. The van der Waals surface area contributed by atoms with Crippen molar-refractivity contribution in [2.24, 2.45) is 0 Å². The number of benzene rings is 4. The summed E-state index contributed by atoms with van der Waals surface area (Å²) in [6, 6.07) is 30.4. The summed E-state index contributed by atoms with van der Waals surface area (Å²) in [5.41, 5.74) is 14.6. The van der Waals surface area contributed by atoms with Crippen LogP contribution in [0, 0.1) is 27.7 Å². The van der Waals surface area contributed by atoms with Gasteiger partial charge in [0.1, 0.15) is 17.3 Å². The lowest BCUT2D eigenvalue weighted by Gasteiger charge is -2.17. The first-order chi connectivity index (χ1) is 24.5. The predicted octanol–water partition coefficient (Wildman–Crippen LogP) is 12.6. The van der Waals surface area contributed by atoms with Gasteiger partial charge in [-0.2, -0.15) is 5.10 Å². The molecule has 0 aliphatic rings. The van der Waals surface area contributed by atoms with E-state index < -0.39 is 0 Å². The van der Waals surface area contributed by atoms with Crippen LogP contribution in [0.25, 0.3) is 44.4 Å². The van der Waals surface area contributed by atoms with E-state index in [-0.39, 0.29) is 5.92 Å². The van der Waals surface area contributed by atoms with Crippen LogP contribution < -0.4 is 4.74 Å². The predicted molar refractivity (Wildman–Crippen MR) is 213 cm³/mol. The Morgan fingerprint density at radius 2 is 1.43 bits per heavy atom. The summed E-state index contributed by atoms with van der Waals surface area (Å²) in [7, 11) is 0. The molecule has 5 heteroatoms. The lowest BCUT2D eigenvalue weighted by molar-refractivity contribution is 0.481. The number of unbranched alkanes of at least 4 members (excludes halogenated alkanes) is 1. The molecule has 0 saturated heterocycles. The topological polar surface area (TPSA) is 44.9 Å². The van der Waals surface area contributed by atoms with Crippen LogP contribution in [0.2, 0.25) is 0 Å². The smallest absolute Gasteiger partial charge is 0.137 e. The van der Waals surface area contributed by atoms with Crippen molar-refractivity contribution in [2.75, 3.05) is 0 Å². The molecule has 0 aliphatic carbocycles. The van der Waals surface area contributed by atoms with E-state index in [9.17, 15) is 0 Å². The Balaban J connectivity index is 1.39. The Hall–Kier alpha value is -5.16. The molecule has 0 unspecified atom stereocenters. The molecule has 0 aliphatic heterocycles. The summed E-state index contributed by atoms with van der Waals surface area (Å²) in [5.74, 6) is 3.07. The van der Waals surface area contributed by atoms with Crippen molar-refractivity contribution in [3.63, 3.8) is 0 Å². The van der Waals surface area contributed by atoms with E-state index >= 15 is 0 Å². The van der Waals surface area contributed by atoms with Crippen molar-refractivity contribution in [1.29, 1.82) is 0 Å². The molecule has 260 valence electrons. The third-order valence-corrected chi connectivity index (χ3v) is 10.1. The molecular weight excluding hydrogens is 625 g/mol. The number of para-hydroxylation sites is 1. The fraction of sp³-hybridized carbons (Fsp3) is 0.304. The Morgan fingerprint density at radius 1 is 0.686 bits per heavy atom. The SMILES string of the molecule is CCCCc1c(-c2c(C)cc(C)cc2C)c(C(C)C)nn1-c1cc(Oc2ccc3c4ccccc4n(-c4cc(C)ccn4)c3c2)cc(C(C)C)c1. The molecule has 0 N–H and O–H groups in total. The molecule has 0 fully saturated rings. The van der Waals surface area contributed by atoms with Crippen LogP contribution in [0.4, 0.5) is 0 Å². The van der Waals surface area contributed by atoms with Gasteiger partial charge >= 0.3 is 0 Å². The molecule has 0 spiro atoms. The van der Waals surface area contributed by atoms with E-state index in [1.165, 1.54) is 55.4 Å². The molecule has 3 heterocycles. The maximum absolute atomic E-state index is 6.82. The Bertz CT molecular complexity index is 2370.